The van der Waals surface area contributed by atoms with Crippen molar-refractivity contribution >= 4 is 12.1 Å². The van der Waals surface area contributed by atoms with Crippen LogP contribution in [0.1, 0.15) is 20.8 Å². The Kier molecular flexibility index (Phi) is 5.52. The molecule has 92 valence electrons. The van der Waals surface area contributed by atoms with E-state index in [2.05, 4.69) is 10.1 Å². The van der Waals surface area contributed by atoms with Crippen LogP contribution in [0.3, 0.4) is 0 Å². The van der Waals surface area contributed by atoms with Crippen molar-refractivity contribution < 1.29 is 19.1 Å². The van der Waals surface area contributed by atoms with E-state index in [9.17, 15) is 9.59 Å². The van der Waals surface area contributed by atoms with Crippen LogP contribution >= 0.6 is 0 Å². The van der Waals surface area contributed by atoms with Crippen molar-refractivity contribution in [2.24, 2.45) is 5.73 Å². The molecule has 0 aliphatic carbocycles. The zero-order valence-corrected chi connectivity index (χ0v) is 9.94. The monoisotopic (exact) mass is 230 g/mol. The molecule has 1 amide bonds. The van der Waals surface area contributed by atoms with E-state index in [-0.39, 0.29) is 0 Å². The van der Waals surface area contributed by atoms with Gasteiger partial charge in [0.05, 0.1) is 13.3 Å². The summed E-state index contributed by atoms with van der Waals surface area (Å²) in [6.07, 6.45) is 0.987. The van der Waals surface area contributed by atoms with Crippen LogP contribution in [0.15, 0.2) is 12.2 Å². The molecule has 1 unspecified atom stereocenters. The SMILES string of the molecule is COC(=O)C=CC(N)NC(=O)OC(C)(C)C. The summed E-state index contributed by atoms with van der Waals surface area (Å²) >= 11 is 0. The van der Waals surface area contributed by atoms with Crippen molar-refractivity contribution in [2.45, 2.75) is 32.5 Å². The van der Waals surface area contributed by atoms with Crippen LogP contribution in [0, 0.1) is 0 Å². The van der Waals surface area contributed by atoms with Crippen LogP contribution < -0.4 is 11.1 Å². The Hall–Kier alpha value is -1.56. The Bertz CT molecular complexity index is 281. The van der Waals surface area contributed by atoms with E-state index in [4.69, 9.17) is 10.5 Å². The fraction of sp³-hybridized carbons (Fsp3) is 0.600. The zero-order valence-electron chi connectivity index (χ0n) is 9.94. The molecule has 6 heteroatoms. The van der Waals surface area contributed by atoms with Gasteiger partial charge in [-0.05, 0) is 26.8 Å². The maximum atomic E-state index is 11.2. The molecule has 0 saturated heterocycles. The molecular weight excluding hydrogens is 212 g/mol. The van der Waals surface area contributed by atoms with Crippen molar-refractivity contribution in [1.29, 1.82) is 0 Å². The van der Waals surface area contributed by atoms with E-state index < -0.39 is 23.8 Å². The molecule has 0 rings (SSSR count). The highest BCUT2D eigenvalue weighted by atomic mass is 16.6. The molecule has 0 aromatic rings. The van der Waals surface area contributed by atoms with Gasteiger partial charge in [0, 0.05) is 6.08 Å². The molecule has 0 aromatic heterocycles. The van der Waals surface area contributed by atoms with Gasteiger partial charge < -0.3 is 20.5 Å². The van der Waals surface area contributed by atoms with Gasteiger partial charge in [0.25, 0.3) is 0 Å². The van der Waals surface area contributed by atoms with Gasteiger partial charge in [-0.15, -0.1) is 0 Å². The number of hydrogen-bond donors (Lipinski definition) is 2. The standard InChI is InChI=1S/C10H18N2O4/c1-10(2,3)16-9(14)12-7(11)5-6-8(13)15-4/h5-7H,11H2,1-4H3,(H,12,14). The van der Waals surface area contributed by atoms with Crippen LogP contribution in [0.2, 0.25) is 0 Å². The zero-order chi connectivity index (χ0) is 12.8. The molecule has 6 nitrogen and oxygen atoms in total. The lowest BCUT2D eigenvalue weighted by atomic mass is 10.2. The van der Waals surface area contributed by atoms with Crippen LogP contribution in [0.4, 0.5) is 4.79 Å². The van der Waals surface area contributed by atoms with Gasteiger partial charge in [0.15, 0.2) is 0 Å². The van der Waals surface area contributed by atoms with Crippen LogP contribution in [0.5, 0.6) is 0 Å². The average molecular weight is 230 g/mol. The predicted octanol–water partition coefficient (Wildman–Crippen LogP) is 0.525. The summed E-state index contributed by atoms with van der Waals surface area (Å²) in [5.41, 5.74) is 4.90. The number of alkyl carbamates (subject to hydrolysis) is 1. The maximum Gasteiger partial charge on any atom is 0.409 e. The number of nitrogens with one attached hydrogen (secondary N) is 1. The fourth-order valence-corrected chi connectivity index (χ4v) is 0.742. The van der Waals surface area contributed by atoms with Crippen molar-refractivity contribution in [2.75, 3.05) is 7.11 Å². The topological polar surface area (TPSA) is 90.6 Å². The van der Waals surface area contributed by atoms with E-state index in [1.54, 1.807) is 20.8 Å². The van der Waals surface area contributed by atoms with Crippen molar-refractivity contribution in [3.63, 3.8) is 0 Å². The van der Waals surface area contributed by atoms with Gasteiger partial charge >= 0.3 is 12.1 Å². The first kappa shape index (κ1) is 14.4. The second-order valence-corrected chi connectivity index (χ2v) is 4.05. The van der Waals surface area contributed by atoms with E-state index in [0.717, 1.165) is 6.08 Å². The van der Waals surface area contributed by atoms with Crippen LogP contribution in [-0.4, -0.2) is 30.9 Å². The quantitative estimate of drug-likeness (QED) is 0.419. The minimum atomic E-state index is -0.797. The van der Waals surface area contributed by atoms with Crippen LogP contribution in [-0.2, 0) is 14.3 Å². The van der Waals surface area contributed by atoms with E-state index in [0.29, 0.717) is 0 Å². The molecule has 0 radical (unpaired) electrons. The number of ether oxygens (including phenoxy) is 2. The highest BCUT2D eigenvalue weighted by molar-refractivity contribution is 5.82. The summed E-state index contributed by atoms with van der Waals surface area (Å²) in [4.78, 5) is 21.9. The summed E-state index contributed by atoms with van der Waals surface area (Å²) in [7, 11) is 1.25. The summed E-state index contributed by atoms with van der Waals surface area (Å²) < 4.78 is 9.32. The van der Waals surface area contributed by atoms with Crippen LogP contribution in [0.25, 0.3) is 0 Å². The van der Waals surface area contributed by atoms with Gasteiger partial charge in [-0.2, -0.15) is 0 Å². The molecule has 3 N–H and O–H groups in total. The third kappa shape index (κ3) is 7.81. The Morgan fingerprint density at radius 2 is 1.94 bits per heavy atom. The number of carbonyl (C=O) groups excluding carboxylic acids is 2. The molecule has 1 atom stereocenters. The largest absolute Gasteiger partial charge is 0.466 e. The molecule has 0 aliphatic rings. The lowest BCUT2D eigenvalue weighted by Crippen LogP contribution is -2.42. The lowest BCUT2D eigenvalue weighted by molar-refractivity contribution is -0.134. The predicted molar refractivity (Wildman–Crippen MR) is 58.5 cm³/mol. The normalized spacial score (nSPS) is 13.3. The number of hydrogen-bond acceptors (Lipinski definition) is 5. The number of amides is 1. The number of methoxy groups -OCH3 is 1. The molecular formula is C10H18N2O4. The molecule has 0 aromatic carbocycles. The highest BCUT2D eigenvalue weighted by Crippen LogP contribution is 2.06. The fourth-order valence-electron chi connectivity index (χ4n) is 0.742. The summed E-state index contributed by atoms with van der Waals surface area (Å²) in [5.74, 6) is -0.540. The Labute approximate surface area is 94.8 Å². The van der Waals surface area contributed by atoms with Gasteiger partial charge in [-0.25, -0.2) is 9.59 Å². The minimum absolute atomic E-state index is 0.540. The second kappa shape index (κ2) is 6.12. The molecule has 16 heavy (non-hydrogen) atoms. The second-order valence-electron chi connectivity index (χ2n) is 4.05. The van der Waals surface area contributed by atoms with E-state index in [1.807, 2.05) is 0 Å². The summed E-state index contributed by atoms with van der Waals surface area (Å²) in [6.45, 7) is 5.22. The lowest BCUT2D eigenvalue weighted by Gasteiger charge is -2.20. The Balaban J connectivity index is 4.06. The number of esters is 1. The highest BCUT2D eigenvalue weighted by Gasteiger charge is 2.16. The summed E-state index contributed by atoms with van der Waals surface area (Å²) in [6, 6.07) is 0. The van der Waals surface area contributed by atoms with Gasteiger partial charge in [0.1, 0.15) is 5.60 Å². The molecule has 0 spiro atoms. The number of rotatable bonds is 3. The number of nitrogens with two attached hydrogens (primary N) is 1. The van der Waals surface area contributed by atoms with Crippen molar-refractivity contribution in [3.8, 4) is 0 Å². The smallest absolute Gasteiger partial charge is 0.409 e. The first-order valence-corrected chi connectivity index (χ1v) is 4.76. The third-order valence-corrected chi connectivity index (χ3v) is 1.32. The van der Waals surface area contributed by atoms with Crippen molar-refractivity contribution in [1.82, 2.24) is 5.32 Å². The van der Waals surface area contributed by atoms with E-state index >= 15 is 0 Å². The molecule has 0 bridgehead atoms. The first-order valence-electron chi connectivity index (χ1n) is 4.76. The first-order chi connectivity index (χ1) is 7.24. The number of carbonyl (C=O) groups is 2. The summed E-state index contributed by atoms with van der Waals surface area (Å²) in [5, 5.41) is 2.34. The molecule has 0 fully saturated rings. The van der Waals surface area contributed by atoms with Gasteiger partial charge in [-0.1, -0.05) is 0 Å². The maximum absolute atomic E-state index is 11.2. The van der Waals surface area contributed by atoms with E-state index in [1.165, 1.54) is 13.2 Å². The molecule has 0 heterocycles. The minimum Gasteiger partial charge on any atom is -0.466 e. The Morgan fingerprint density at radius 3 is 2.38 bits per heavy atom. The third-order valence-electron chi connectivity index (χ3n) is 1.32. The molecule has 0 aliphatic heterocycles. The molecule has 0 saturated carbocycles. The van der Waals surface area contributed by atoms with Gasteiger partial charge in [-0.3, -0.25) is 0 Å². The average Bonchev–Trinajstić information content (AvgIpc) is 2.10. The van der Waals surface area contributed by atoms with Gasteiger partial charge in [0.2, 0.25) is 0 Å². The Morgan fingerprint density at radius 1 is 1.38 bits per heavy atom. The van der Waals surface area contributed by atoms with Crippen molar-refractivity contribution in [3.05, 3.63) is 12.2 Å².